The molecule has 19 heavy (non-hydrogen) atoms. The first kappa shape index (κ1) is 17.0. The highest BCUT2D eigenvalue weighted by Crippen LogP contribution is 2.17. The fraction of sp³-hybridized carbons (Fsp3) is 1.00. The molecule has 114 valence electrons. The van der Waals surface area contributed by atoms with Crippen molar-refractivity contribution >= 4 is 0 Å². The number of likely N-dealkylation sites (tertiary alicyclic amines) is 1. The van der Waals surface area contributed by atoms with Crippen LogP contribution >= 0.6 is 0 Å². The van der Waals surface area contributed by atoms with Gasteiger partial charge in [0, 0.05) is 6.04 Å². The van der Waals surface area contributed by atoms with E-state index >= 15 is 0 Å². The van der Waals surface area contributed by atoms with Gasteiger partial charge in [0.1, 0.15) is 0 Å². The molecule has 1 fully saturated rings. The van der Waals surface area contributed by atoms with E-state index < -0.39 is 0 Å². The summed E-state index contributed by atoms with van der Waals surface area (Å²) in [6.07, 6.45) is 16.3. The summed E-state index contributed by atoms with van der Waals surface area (Å²) in [5.74, 6) is 0. The Kier molecular flexibility index (Phi) is 10.5. The summed E-state index contributed by atoms with van der Waals surface area (Å²) in [5, 5.41) is 9.47. The number of unbranched alkanes of at least 4 members (excludes halogenated alkanes) is 7. The summed E-state index contributed by atoms with van der Waals surface area (Å²) in [6, 6.07) is 0.451. The average Bonchev–Trinajstić information content (AvgIpc) is 2.66. The topological polar surface area (TPSA) is 23.5 Å². The molecule has 1 N–H and O–H groups in total. The van der Waals surface area contributed by atoms with Crippen molar-refractivity contribution in [3.8, 4) is 0 Å². The van der Waals surface area contributed by atoms with Crippen LogP contribution in [0.15, 0.2) is 0 Å². The molecule has 2 heteroatoms. The largest absolute Gasteiger partial charge is 0.395 e. The predicted molar refractivity (Wildman–Crippen MR) is 83.5 cm³/mol. The van der Waals surface area contributed by atoms with Gasteiger partial charge in [0.25, 0.3) is 0 Å². The Bertz CT molecular complexity index is 196. The molecule has 1 atom stereocenters. The second-order valence-corrected chi connectivity index (χ2v) is 6.20. The molecule has 0 aromatic heterocycles. The van der Waals surface area contributed by atoms with Crippen LogP contribution in [0.3, 0.4) is 0 Å². The Morgan fingerprint density at radius 3 is 2.26 bits per heavy atom. The van der Waals surface area contributed by atoms with Crippen molar-refractivity contribution in [2.75, 3.05) is 19.7 Å². The van der Waals surface area contributed by atoms with E-state index in [9.17, 15) is 5.11 Å². The Hall–Kier alpha value is -0.0800. The molecule has 0 bridgehead atoms. The molecule has 2 nitrogen and oxygen atoms in total. The third-order valence-corrected chi connectivity index (χ3v) is 4.51. The number of aliphatic hydroxyl groups is 1. The van der Waals surface area contributed by atoms with Crippen LogP contribution in [-0.4, -0.2) is 35.7 Å². The number of hydrogen-bond donors (Lipinski definition) is 1. The molecule has 1 heterocycles. The highest BCUT2D eigenvalue weighted by atomic mass is 16.3. The molecule has 1 saturated heterocycles. The molecule has 0 aromatic carbocycles. The zero-order valence-corrected chi connectivity index (χ0v) is 13.1. The van der Waals surface area contributed by atoms with Crippen LogP contribution in [0.1, 0.15) is 84.0 Å². The van der Waals surface area contributed by atoms with Gasteiger partial charge in [0.2, 0.25) is 0 Å². The first-order valence-corrected chi connectivity index (χ1v) is 8.73. The summed E-state index contributed by atoms with van der Waals surface area (Å²) in [4.78, 5) is 2.55. The fourth-order valence-electron chi connectivity index (χ4n) is 3.19. The first-order valence-electron chi connectivity index (χ1n) is 8.73. The van der Waals surface area contributed by atoms with Crippen molar-refractivity contribution in [3.05, 3.63) is 0 Å². The number of rotatable bonds is 10. The van der Waals surface area contributed by atoms with Crippen LogP contribution in [0, 0.1) is 0 Å². The summed E-state index contributed by atoms with van der Waals surface area (Å²) in [6.45, 7) is 5.05. The van der Waals surface area contributed by atoms with E-state index in [0.29, 0.717) is 12.6 Å². The lowest BCUT2D eigenvalue weighted by atomic mass is 10.1. The van der Waals surface area contributed by atoms with E-state index in [1.807, 2.05) is 0 Å². The Balaban J connectivity index is 2.00. The van der Waals surface area contributed by atoms with Crippen molar-refractivity contribution in [1.82, 2.24) is 4.90 Å². The standard InChI is InChI=1S/C17H35NO/c1-2-3-4-5-6-7-8-11-14-18-15-12-9-10-13-17(18)16-19/h17,19H,2-16H2,1H3. The Morgan fingerprint density at radius 2 is 1.58 bits per heavy atom. The summed E-state index contributed by atoms with van der Waals surface area (Å²) < 4.78 is 0. The lowest BCUT2D eigenvalue weighted by molar-refractivity contribution is 0.122. The van der Waals surface area contributed by atoms with E-state index in [-0.39, 0.29) is 0 Å². The molecule has 0 spiro atoms. The number of aliphatic hydroxyl groups excluding tert-OH is 1. The molecule has 1 rings (SSSR count). The predicted octanol–water partition coefficient (Wildman–Crippen LogP) is 4.36. The highest BCUT2D eigenvalue weighted by molar-refractivity contribution is 4.74. The molecule has 1 unspecified atom stereocenters. The van der Waals surface area contributed by atoms with Gasteiger partial charge < -0.3 is 5.11 Å². The minimum atomic E-state index is 0.358. The lowest BCUT2D eigenvalue weighted by Gasteiger charge is -2.28. The summed E-state index contributed by atoms with van der Waals surface area (Å²) in [7, 11) is 0. The molecule has 0 aromatic rings. The zero-order chi connectivity index (χ0) is 13.8. The average molecular weight is 269 g/mol. The molecule has 0 aliphatic carbocycles. The van der Waals surface area contributed by atoms with Crippen LogP contribution in [0.2, 0.25) is 0 Å². The molecule has 0 radical (unpaired) electrons. The van der Waals surface area contributed by atoms with Crippen molar-refractivity contribution in [1.29, 1.82) is 0 Å². The minimum absolute atomic E-state index is 0.358. The van der Waals surface area contributed by atoms with Crippen molar-refractivity contribution in [2.45, 2.75) is 90.0 Å². The second-order valence-electron chi connectivity index (χ2n) is 6.20. The lowest BCUT2D eigenvalue weighted by Crippen LogP contribution is -2.38. The molecule has 1 aliphatic rings. The van der Waals surface area contributed by atoms with Gasteiger partial charge in [-0.05, 0) is 32.4 Å². The molecule has 1 aliphatic heterocycles. The van der Waals surface area contributed by atoms with Crippen LogP contribution < -0.4 is 0 Å². The maximum absolute atomic E-state index is 9.47. The van der Waals surface area contributed by atoms with Gasteiger partial charge in [-0.15, -0.1) is 0 Å². The molecule has 0 amide bonds. The van der Waals surface area contributed by atoms with Crippen LogP contribution in [0.25, 0.3) is 0 Å². The maximum Gasteiger partial charge on any atom is 0.0586 e. The third kappa shape index (κ3) is 7.94. The smallest absolute Gasteiger partial charge is 0.0586 e. The highest BCUT2D eigenvalue weighted by Gasteiger charge is 2.19. The maximum atomic E-state index is 9.47. The summed E-state index contributed by atoms with van der Waals surface area (Å²) >= 11 is 0. The van der Waals surface area contributed by atoms with E-state index in [1.165, 1.54) is 90.1 Å². The van der Waals surface area contributed by atoms with Crippen molar-refractivity contribution in [2.24, 2.45) is 0 Å². The van der Waals surface area contributed by atoms with Crippen LogP contribution in [0.5, 0.6) is 0 Å². The van der Waals surface area contributed by atoms with E-state index in [1.54, 1.807) is 0 Å². The zero-order valence-electron chi connectivity index (χ0n) is 13.1. The van der Waals surface area contributed by atoms with Crippen LogP contribution in [-0.2, 0) is 0 Å². The normalized spacial score (nSPS) is 21.5. The Morgan fingerprint density at radius 1 is 0.895 bits per heavy atom. The van der Waals surface area contributed by atoms with Crippen molar-refractivity contribution < 1.29 is 5.11 Å². The van der Waals surface area contributed by atoms with Gasteiger partial charge in [-0.3, -0.25) is 4.90 Å². The SMILES string of the molecule is CCCCCCCCCCN1CCCCCC1CO. The monoisotopic (exact) mass is 269 g/mol. The molecule has 0 saturated carbocycles. The van der Waals surface area contributed by atoms with Gasteiger partial charge >= 0.3 is 0 Å². The molecular weight excluding hydrogens is 234 g/mol. The van der Waals surface area contributed by atoms with Gasteiger partial charge in [-0.2, -0.15) is 0 Å². The van der Waals surface area contributed by atoms with Gasteiger partial charge in [0.15, 0.2) is 0 Å². The summed E-state index contributed by atoms with van der Waals surface area (Å²) in [5.41, 5.74) is 0. The third-order valence-electron chi connectivity index (χ3n) is 4.51. The van der Waals surface area contributed by atoms with Gasteiger partial charge in [-0.25, -0.2) is 0 Å². The quantitative estimate of drug-likeness (QED) is 0.595. The number of hydrogen-bond acceptors (Lipinski definition) is 2. The van der Waals surface area contributed by atoms with Gasteiger partial charge in [0.05, 0.1) is 6.61 Å². The van der Waals surface area contributed by atoms with E-state index in [2.05, 4.69) is 11.8 Å². The first-order chi connectivity index (χ1) is 9.38. The number of nitrogens with zero attached hydrogens (tertiary/aromatic N) is 1. The second kappa shape index (κ2) is 11.7. The van der Waals surface area contributed by atoms with Gasteiger partial charge in [-0.1, -0.05) is 64.7 Å². The van der Waals surface area contributed by atoms with Crippen LogP contribution in [0.4, 0.5) is 0 Å². The fourth-order valence-corrected chi connectivity index (χ4v) is 3.19. The molecular formula is C17H35NO. The van der Waals surface area contributed by atoms with E-state index in [0.717, 1.165) is 0 Å². The van der Waals surface area contributed by atoms with Crippen molar-refractivity contribution in [3.63, 3.8) is 0 Å². The van der Waals surface area contributed by atoms with E-state index in [4.69, 9.17) is 0 Å². The minimum Gasteiger partial charge on any atom is -0.395 e. The Labute approximate surface area is 120 Å².